The van der Waals surface area contributed by atoms with E-state index in [-0.39, 0.29) is 116 Å². The second-order valence-corrected chi connectivity index (χ2v) is 31.7. The number of amidine groups is 1. The number of benzene rings is 4. The second-order valence-electron chi connectivity index (χ2n) is 24.9. The van der Waals surface area contributed by atoms with Gasteiger partial charge in [-0.2, -0.15) is 25.3 Å². The first-order chi connectivity index (χ1) is 55.5. The number of Topliss-reactive ketones (excluding diaryl/α,β-unsaturated/α-hetero) is 1. The number of rotatable bonds is 42. The molecule has 8 unspecified atom stereocenters. The molecule has 0 aliphatic carbocycles. The Hall–Kier alpha value is -10.4. The molecule has 0 heterocycles. The first-order valence-corrected chi connectivity index (χ1v) is 42.0. The summed E-state index contributed by atoms with van der Waals surface area (Å²) in [5.74, 6) is -12.4. The minimum Gasteiger partial charge on any atom is -0.424 e. The normalized spacial score (nSPS) is 12.6. The van der Waals surface area contributed by atoms with E-state index < -0.39 is 162 Å². The van der Waals surface area contributed by atoms with E-state index in [0.29, 0.717) is 70.6 Å². The highest BCUT2D eigenvalue weighted by atomic mass is 32.2. The minimum absolute atomic E-state index is 0.0118. The van der Waals surface area contributed by atoms with Crippen molar-refractivity contribution in [2.45, 2.75) is 117 Å². The summed E-state index contributed by atoms with van der Waals surface area (Å²) in [5.41, 5.74) is 4.56. The Labute approximate surface area is 713 Å². The number of thiol groups is 2. The van der Waals surface area contributed by atoms with Crippen molar-refractivity contribution in [1.29, 1.82) is 10.8 Å². The molecule has 9 amide bonds. The van der Waals surface area contributed by atoms with E-state index in [0.717, 1.165) is 20.8 Å². The van der Waals surface area contributed by atoms with Crippen LogP contribution in [0.2, 0.25) is 0 Å². The van der Waals surface area contributed by atoms with E-state index in [2.05, 4.69) is 67.8 Å². The maximum atomic E-state index is 13.5. The molecule has 4 aromatic carbocycles. The number of esters is 4. The van der Waals surface area contributed by atoms with Crippen molar-refractivity contribution in [3.63, 3.8) is 0 Å². The van der Waals surface area contributed by atoms with E-state index in [1.807, 2.05) is 0 Å². The van der Waals surface area contributed by atoms with Gasteiger partial charge in [-0.25, -0.2) is 19.2 Å². The molecule has 12 N–H and O–H groups in total. The third kappa shape index (κ3) is 37.5. The summed E-state index contributed by atoms with van der Waals surface area (Å²) in [6.07, 6.45) is -0.467. The van der Waals surface area contributed by atoms with Gasteiger partial charge in [-0.1, -0.05) is 119 Å². The Kier molecular flexibility index (Phi) is 45.2. The predicted molar refractivity (Wildman–Crippen MR) is 452 cm³/mol. The molecule has 36 nitrogen and oxygen atoms in total. The summed E-state index contributed by atoms with van der Waals surface area (Å²) in [4.78, 5) is 252. The maximum Gasteiger partial charge on any atom is 0.347 e. The van der Waals surface area contributed by atoms with Gasteiger partial charge in [-0.15, -0.1) is 0 Å². The monoisotopic (exact) mass is 1780 g/mol. The fourth-order valence-electron chi connectivity index (χ4n) is 9.27. The number of primary amides is 1. The molecule has 0 aromatic heterocycles. The quantitative estimate of drug-likeness (QED) is 0.00997. The number of para-hydroxylation sites is 4. The Bertz CT molecular complexity index is 4460. The number of hydrogen-bond acceptors (Lipinski definition) is 34. The van der Waals surface area contributed by atoms with Crippen LogP contribution in [0.15, 0.2) is 97.1 Å². The molecule has 0 bridgehead atoms. The first kappa shape index (κ1) is 102. The molecular formula is C74H88N12O24S8. The van der Waals surface area contributed by atoms with E-state index >= 15 is 0 Å². The van der Waals surface area contributed by atoms with Crippen LogP contribution in [0.4, 0.5) is 0 Å². The molecule has 0 radical (unpaired) electrons. The average Bonchev–Trinajstić information content (AvgIpc) is 0.828. The van der Waals surface area contributed by atoms with Crippen molar-refractivity contribution in [2.75, 3.05) is 60.1 Å². The fraction of sp³-hybridized carbons (Fsp3) is 0.378. The van der Waals surface area contributed by atoms with Crippen molar-refractivity contribution in [3.05, 3.63) is 119 Å². The summed E-state index contributed by atoms with van der Waals surface area (Å²) in [5, 5.41) is 31.8. The third-order valence-corrected chi connectivity index (χ3v) is 21.7. The summed E-state index contributed by atoms with van der Waals surface area (Å²) >= 11 is 12.0. The highest BCUT2D eigenvalue weighted by molar-refractivity contribution is 8.16. The Balaban J connectivity index is 0.000000616. The van der Waals surface area contributed by atoms with Crippen LogP contribution >= 0.6 is 95.8 Å². The van der Waals surface area contributed by atoms with Gasteiger partial charge in [0, 0.05) is 134 Å². The molecule has 44 heteroatoms. The van der Waals surface area contributed by atoms with Crippen LogP contribution in [0.3, 0.4) is 0 Å². The molecule has 4 aromatic rings. The zero-order valence-electron chi connectivity index (χ0n) is 65.1. The SMILES string of the molecule is CC(=O)NC(CSC(=O)C(CSC(=O)c1ccccc1OC(=O)c1ccccc1OC(=O)C(CSC(=O)C(CS)NC(C)=O)NC(C)=O)NC(C)=O)C(=O)CC(=N)CC(=N)N(C)C.CC(=O)NC(CSC(=O)C(CSC(=O)c1ccccc1OC(=O)c1ccccc1OC(=O)C(CSC(=O)C(CS)NC(C)=O)NC(C)=O)NC(C)=O)C(N)=O. The minimum atomic E-state index is -1.36. The third-order valence-electron chi connectivity index (χ3n) is 14.7. The largest absolute Gasteiger partial charge is 0.424 e. The number of nitrogens with one attached hydrogen (secondary N) is 10. The molecule has 0 fully saturated rings. The first-order valence-electron chi connectivity index (χ1n) is 34.8. The number of thioether (sulfide) groups is 6. The van der Waals surface area contributed by atoms with Crippen molar-refractivity contribution in [3.8, 4) is 23.0 Å². The van der Waals surface area contributed by atoms with Crippen molar-refractivity contribution in [2.24, 2.45) is 5.73 Å². The maximum absolute atomic E-state index is 13.5. The summed E-state index contributed by atoms with van der Waals surface area (Å²) in [6.45, 7) is 9.43. The second kappa shape index (κ2) is 52.4. The van der Waals surface area contributed by atoms with Gasteiger partial charge in [-0.05, 0) is 48.5 Å². The highest BCUT2D eigenvalue weighted by Crippen LogP contribution is 2.31. The van der Waals surface area contributed by atoms with Crippen LogP contribution in [0.1, 0.15) is 110 Å². The van der Waals surface area contributed by atoms with Crippen LogP contribution in [0, 0.1) is 10.8 Å². The number of nitrogens with zero attached hydrogens (tertiary/aromatic N) is 1. The number of nitrogens with two attached hydrogens (primary N) is 1. The number of carbonyl (C=O) groups excluding carboxylic acids is 20. The lowest BCUT2D eigenvalue weighted by molar-refractivity contribution is -0.138. The number of hydrogen-bond donors (Lipinski definition) is 13. The van der Waals surface area contributed by atoms with E-state index in [9.17, 15) is 95.9 Å². The lowest BCUT2D eigenvalue weighted by Gasteiger charge is -2.20. The van der Waals surface area contributed by atoms with E-state index in [4.69, 9.17) is 35.5 Å². The van der Waals surface area contributed by atoms with Crippen molar-refractivity contribution >= 4 is 221 Å². The molecule has 0 spiro atoms. The smallest absolute Gasteiger partial charge is 0.347 e. The molecule has 4 rings (SSSR count). The topological polar surface area (TPSA) is 552 Å². The van der Waals surface area contributed by atoms with Crippen LogP contribution in [-0.4, -0.2) is 238 Å². The van der Waals surface area contributed by atoms with Crippen LogP contribution < -0.4 is 67.2 Å². The van der Waals surface area contributed by atoms with Gasteiger partial charge in [0.15, 0.2) is 5.78 Å². The number of carbonyl (C=O) groups is 20. The number of ether oxygens (including phenoxy) is 4. The molecule has 118 heavy (non-hydrogen) atoms. The van der Waals surface area contributed by atoms with Gasteiger partial charge >= 0.3 is 23.9 Å². The van der Waals surface area contributed by atoms with Crippen LogP contribution in [0.25, 0.3) is 0 Å². The summed E-state index contributed by atoms with van der Waals surface area (Å²) < 4.78 is 22.1. The molecule has 0 aliphatic rings. The summed E-state index contributed by atoms with van der Waals surface area (Å²) in [6, 6.07) is 12.9. The molecule has 0 aliphatic heterocycles. The Morgan fingerprint density at radius 1 is 0.347 bits per heavy atom. The summed E-state index contributed by atoms with van der Waals surface area (Å²) in [7, 11) is 3.25. The molecule has 0 saturated heterocycles. The van der Waals surface area contributed by atoms with Crippen LogP contribution in [-0.2, 0) is 76.7 Å². The zero-order chi connectivity index (χ0) is 88.6. The van der Waals surface area contributed by atoms with E-state index in [1.54, 1.807) is 14.1 Å². The van der Waals surface area contributed by atoms with Gasteiger partial charge in [0.2, 0.25) is 83.9 Å². The van der Waals surface area contributed by atoms with Gasteiger partial charge < -0.3 is 77.5 Å². The van der Waals surface area contributed by atoms with E-state index in [1.165, 1.54) is 137 Å². The van der Waals surface area contributed by atoms with Crippen molar-refractivity contribution in [1.82, 2.24) is 47.4 Å². The Morgan fingerprint density at radius 3 is 0.915 bits per heavy atom. The average molecular weight is 1790 g/mol. The highest BCUT2D eigenvalue weighted by Gasteiger charge is 2.34. The molecule has 636 valence electrons. The lowest BCUT2D eigenvalue weighted by Crippen LogP contribution is -2.46. The number of ketones is 1. The lowest BCUT2D eigenvalue weighted by atomic mass is 10.1. The fourth-order valence-corrected chi connectivity index (χ4v) is 15.6. The van der Waals surface area contributed by atoms with Crippen LogP contribution in [0.5, 0.6) is 23.0 Å². The van der Waals surface area contributed by atoms with Gasteiger partial charge in [-0.3, -0.25) is 82.1 Å². The molecule has 0 saturated carbocycles. The Morgan fingerprint density at radius 2 is 0.602 bits per heavy atom. The van der Waals surface area contributed by atoms with Gasteiger partial charge in [0.1, 0.15) is 82.3 Å². The van der Waals surface area contributed by atoms with Gasteiger partial charge in [0.05, 0.1) is 17.2 Å². The molecule has 8 atom stereocenters. The molecular weight excluding hydrogens is 1700 g/mol. The standard InChI is InChI=1S/C40H49N7O12S4.C34H39N5O12S4/c1-21(48)43-28(17-60)39(56)63-19-30(45-23(3)50)37(54)59-33-13-9-7-11-26(33)36(53)58-34-14-10-8-12-27(34)38(55)61-20-31(46-24(4)51)40(57)62-18-29(44-22(2)49)32(52)15-25(41)16-35(42)47(5)6;1-17(40)36-23(13-52)33(48)55-15-25(38-19(3)42)31(46)51-27-11-7-5-9-21(27)30(45)50-28-12-8-6-10-22(28)32(47)53-16-26(39-20(4)43)34(49)54-14-24(29(35)44)37-18(2)41/h7-14,28-31,41-42,60H,15-20H2,1-6H3,(H,43,48)(H,44,49)(H,45,50)(H,46,51);5-12,23-26,52H,13-16H2,1-4H3,(H2,35,44)(H,36,40)(H,37,41)(H,38,42)(H,39,43). The zero-order valence-corrected chi connectivity index (χ0v) is 71.8. The predicted octanol–water partition coefficient (Wildman–Crippen LogP) is 2.70. The number of amides is 9. The van der Waals surface area contributed by atoms with Crippen molar-refractivity contribution < 1.29 is 115 Å². The van der Waals surface area contributed by atoms with Gasteiger partial charge in [0.25, 0.3) is 0 Å².